The molecule has 2 aromatic rings. The van der Waals surface area contributed by atoms with Crippen molar-refractivity contribution in [2.45, 2.75) is 33.6 Å². The molecule has 0 unspecified atom stereocenters. The van der Waals surface area contributed by atoms with Gasteiger partial charge in [-0.3, -0.25) is 10.1 Å². The van der Waals surface area contributed by atoms with Gasteiger partial charge in [0.05, 0.1) is 35.2 Å². The molecule has 34 heavy (non-hydrogen) atoms. The van der Waals surface area contributed by atoms with Gasteiger partial charge in [-0.15, -0.1) is 0 Å². The molecule has 1 heterocycles. The number of hydrogen-bond acceptors (Lipinski definition) is 7. The van der Waals surface area contributed by atoms with E-state index in [4.69, 9.17) is 21.1 Å². The van der Waals surface area contributed by atoms with Crippen molar-refractivity contribution in [3.63, 3.8) is 0 Å². The summed E-state index contributed by atoms with van der Waals surface area (Å²) in [7, 11) is 0. The van der Waals surface area contributed by atoms with Crippen LogP contribution >= 0.6 is 11.6 Å². The smallest absolute Gasteiger partial charge is 0.336 e. The van der Waals surface area contributed by atoms with Gasteiger partial charge in [-0.05, 0) is 57.5 Å². The number of halogens is 1. The number of nitrogens with zero attached hydrogens (tertiary/aromatic N) is 2. The van der Waals surface area contributed by atoms with Gasteiger partial charge in [-0.2, -0.15) is 0 Å². The maximum Gasteiger partial charge on any atom is 0.336 e. The van der Waals surface area contributed by atoms with E-state index in [0.717, 1.165) is 0 Å². The van der Waals surface area contributed by atoms with Crippen LogP contribution in [0.15, 0.2) is 71.1 Å². The Morgan fingerprint density at radius 1 is 0.912 bits per heavy atom. The monoisotopic (exact) mass is 484 g/mol. The minimum atomic E-state index is -0.831. The van der Waals surface area contributed by atoms with Crippen molar-refractivity contribution in [2.75, 3.05) is 18.1 Å². The molecule has 0 bridgehead atoms. The Balaban J connectivity index is 2.30. The summed E-state index contributed by atoms with van der Waals surface area (Å²) >= 11 is 6.06. The number of allylic oxidation sites excluding steroid dienone is 2. The lowest BCUT2D eigenvalue weighted by molar-refractivity contribution is -0.384. The van der Waals surface area contributed by atoms with Crippen LogP contribution in [-0.2, 0) is 19.1 Å². The number of nitro groups is 1. The molecule has 0 saturated heterocycles. The predicted octanol–water partition coefficient (Wildman–Crippen LogP) is 5.53. The van der Waals surface area contributed by atoms with E-state index in [0.29, 0.717) is 27.7 Å². The Morgan fingerprint density at radius 2 is 1.38 bits per heavy atom. The van der Waals surface area contributed by atoms with Gasteiger partial charge in [-0.25, -0.2) is 9.59 Å². The number of benzene rings is 2. The molecular formula is C25H25ClN2O6. The number of carbonyl (C=O) groups excluding carboxylic acids is 2. The van der Waals surface area contributed by atoms with Crippen LogP contribution in [0.2, 0.25) is 5.02 Å². The lowest BCUT2D eigenvalue weighted by Gasteiger charge is -2.38. The lowest BCUT2D eigenvalue weighted by Crippen LogP contribution is -2.35. The molecular weight excluding hydrogens is 460 g/mol. The molecule has 0 saturated carbocycles. The van der Waals surface area contributed by atoms with E-state index in [-0.39, 0.29) is 30.0 Å². The summed E-state index contributed by atoms with van der Waals surface area (Å²) in [6, 6.07) is 12.8. The highest BCUT2D eigenvalue weighted by Gasteiger charge is 2.41. The van der Waals surface area contributed by atoms with Gasteiger partial charge in [0.1, 0.15) is 0 Å². The number of ether oxygens (including phenoxy) is 2. The Morgan fingerprint density at radius 3 is 1.79 bits per heavy atom. The molecule has 1 aliphatic rings. The highest BCUT2D eigenvalue weighted by molar-refractivity contribution is 6.30. The maximum atomic E-state index is 13.2. The molecule has 8 nitrogen and oxygen atoms in total. The van der Waals surface area contributed by atoms with Crippen LogP contribution in [-0.4, -0.2) is 30.1 Å². The second-order valence-electron chi connectivity index (χ2n) is 7.53. The van der Waals surface area contributed by atoms with Crippen molar-refractivity contribution >= 4 is 34.9 Å². The fraction of sp³-hybridized carbons (Fsp3) is 0.280. The fourth-order valence-corrected chi connectivity index (χ4v) is 4.23. The first-order chi connectivity index (χ1) is 16.2. The van der Waals surface area contributed by atoms with E-state index in [1.165, 1.54) is 12.1 Å². The zero-order valence-corrected chi connectivity index (χ0v) is 20.1. The molecule has 2 aromatic carbocycles. The molecule has 0 fully saturated rings. The Labute approximate surface area is 202 Å². The van der Waals surface area contributed by atoms with Crippen molar-refractivity contribution in [1.82, 2.24) is 0 Å². The molecule has 0 spiro atoms. The molecule has 3 rings (SSSR count). The van der Waals surface area contributed by atoms with Gasteiger partial charge >= 0.3 is 11.9 Å². The molecule has 0 atom stereocenters. The van der Waals surface area contributed by atoms with Crippen molar-refractivity contribution in [3.05, 3.63) is 91.8 Å². The van der Waals surface area contributed by atoms with E-state index in [1.807, 2.05) is 0 Å². The molecule has 0 amide bonds. The number of carbonyl (C=O) groups is 2. The Bertz CT molecular complexity index is 1130. The SMILES string of the molecule is CCOC(=O)C1=C(C)N(c2ccc(Cl)cc2)C(C)=C(C(=O)OCC)C1c1ccc([N+](=O)[O-])cc1. The number of nitro benzene ring substituents is 1. The summed E-state index contributed by atoms with van der Waals surface area (Å²) in [5.74, 6) is -2.00. The zero-order valence-electron chi connectivity index (χ0n) is 19.3. The zero-order chi connectivity index (χ0) is 25.0. The number of rotatable bonds is 7. The third kappa shape index (κ3) is 4.82. The molecule has 0 N–H and O–H groups in total. The molecule has 178 valence electrons. The van der Waals surface area contributed by atoms with Gasteiger partial charge in [0.2, 0.25) is 0 Å². The van der Waals surface area contributed by atoms with Crippen LogP contribution in [0.25, 0.3) is 0 Å². The van der Waals surface area contributed by atoms with E-state index in [9.17, 15) is 19.7 Å². The van der Waals surface area contributed by atoms with E-state index in [2.05, 4.69) is 0 Å². The van der Waals surface area contributed by atoms with Gasteiger partial charge < -0.3 is 14.4 Å². The number of esters is 2. The van der Waals surface area contributed by atoms with Crippen LogP contribution in [0, 0.1) is 10.1 Å². The fourth-order valence-electron chi connectivity index (χ4n) is 4.10. The summed E-state index contributed by atoms with van der Waals surface area (Å²) in [6.45, 7) is 7.21. The highest BCUT2D eigenvalue weighted by atomic mass is 35.5. The molecule has 0 aliphatic carbocycles. The third-order valence-corrected chi connectivity index (χ3v) is 5.79. The summed E-state index contributed by atoms with van der Waals surface area (Å²) in [5, 5.41) is 11.7. The average molecular weight is 485 g/mol. The van der Waals surface area contributed by atoms with Crippen molar-refractivity contribution in [3.8, 4) is 0 Å². The first-order valence-corrected chi connectivity index (χ1v) is 11.1. The second-order valence-corrected chi connectivity index (χ2v) is 7.97. The Kier molecular flexibility index (Phi) is 7.73. The summed E-state index contributed by atoms with van der Waals surface area (Å²) in [5.41, 5.74) is 2.76. The highest BCUT2D eigenvalue weighted by Crippen LogP contribution is 2.45. The van der Waals surface area contributed by atoms with Crippen LogP contribution in [0.5, 0.6) is 0 Å². The summed E-state index contributed by atoms with van der Waals surface area (Å²) < 4.78 is 10.7. The minimum absolute atomic E-state index is 0.0980. The van der Waals surface area contributed by atoms with Crippen molar-refractivity contribution in [2.24, 2.45) is 0 Å². The van der Waals surface area contributed by atoms with E-state index < -0.39 is 22.8 Å². The van der Waals surface area contributed by atoms with Gasteiger partial charge in [0.15, 0.2) is 0 Å². The van der Waals surface area contributed by atoms with E-state index >= 15 is 0 Å². The van der Waals surface area contributed by atoms with Crippen molar-refractivity contribution in [1.29, 1.82) is 0 Å². The Hall–Kier alpha value is -3.65. The second kappa shape index (κ2) is 10.5. The van der Waals surface area contributed by atoms with Crippen LogP contribution in [0.4, 0.5) is 11.4 Å². The first-order valence-electron chi connectivity index (χ1n) is 10.8. The normalized spacial score (nSPS) is 14.3. The lowest BCUT2D eigenvalue weighted by atomic mass is 9.79. The number of non-ortho nitro benzene ring substituents is 1. The standard InChI is InChI=1S/C25H25ClN2O6/c1-5-33-24(29)21-15(3)27(19-13-9-18(26)10-14-19)16(4)22(25(30)34-6-2)23(21)17-7-11-20(12-8-17)28(31)32/h7-14,23H,5-6H2,1-4H3. The average Bonchev–Trinajstić information content (AvgIpc) is 2.80. The van der Waals surface area contributed by atoms with Crippen LogP contribution in [0.3, 0.4) is 0 Å². The third-order valence-electron chi connectivity index (χ3n) is 5.54. The van der Waals surface area contributed by atoms with Crippen molar-refractivity contribution < 1.29 is 24.0 Å². The van der Waals surface area contributed by atoms with Crippen LogP contribution < -0.4 is 4.90 Å². The topological polar surface area (TPSA) is 99.0 Å². The maximum absolute atomic E-state index is 13.2. The largest absolute Gasteiger partial charge is 0.463 e. The molecule has 1 aliphatic heterocycles. The predicted molar refractivity (Wildman–Crippen MR) is 128 cm³/mol. The van der Waals surface area contributed by atoms with Gasteiger partial charge in [0, 0.05) is 34.2 Å². The summed E-state index contributed by atoms with van der Waals surface area (Å²) in [6.07, 6.45) is 0. The van der Waals surface area contributed by atoms with Gasteiger partial charge in [-0.1, -0.05) is 23.7 Å². The quantitative estimate of drug-likeness (QED) is 0.289. The number of anilines is 1. The first kappa shape index (κ1) is 25.0. The minimum Gasteiger partial charge on any atom is -0.463 e. The molecule has 0 aromatic heterocycles. The van der Waals surface area contributed by atoms with Crippen LogP contribution in [0.1, 0.15) is 39.2 Å². The summed E-state index contributed by atoms with van der Waals surface area (Å²) in [4.78, 5) is 38.9. The number of hydrogen-bond donors (Lipinski definition) is 0. The van der Waals surface area contributed by atoms with E-state index in [1.54, 1.807) is 69.0 Å². The van der Waals surface area contributed by atoms with Gasteiger partial charge in [0.25, 0.3) is 5.69 Å². The molecule has 9 heteroatoms. The molecule has 0 radical (unpaired) electrons.